The van der Waals surface area contributed by atoms with Gasteiger partial charge in [0.15, 0.2) is 0 Å². The molecule has 3 nitrogen and oxygen atoms in total. The van der Waals surface area contributed by atoms with Crippen LogP contribution in [0.2, 0.25) is 5.02 Å². The van der Waals surface area contributed by atoms with E-state index in [2.05, 4.69) is 31.2 Å². The van der Waals surface area contributed by atoms with E-state index in [-0.39, 0.29) is 6.04 Å². The molecule has 4 heteroatoms. The Kier molecular flexibility index (Phi) is 4.42. The van der Waals surface area contributed by atoms with E-state index in [1.165, 1.54) is 0 Å². The minimum absolute atomic E-state index is 0.268. The molecule has 0 aliphatic carbocycles. The average Bonchev–Trinajstić information content (AvgIpc) is 2.56. The second kappa shape index (κ2) is 5.37. The van der Waals surface area contributed by atoms with E-state index in [0.29, 0.717) is 0 Å². The quantitative estimate of drug-likeness (QED) is 0.819. The van der Waals surface area contributed by atoms with Crippen molar-refractivity contribution >= 4 is 11.6 Å². The molecule has 0 radical (unpaired) electrons. The summed E-state index contributed by atoms with van der Waals surface area (Å²) in [5, 5.41) is 8.37. The number of aromatic nitrogens is 2. The summed E-state index contributed by atoms with van der Waals surface area (Å²) in [6.45, 7) is 8.20. The summed E-state index contributed by atoms with van der Waals surface area (Å²) < 4.78 is 1.94. The Morgan fingerprint density at radius 2 is 2.29 bits per heavy atom. The number of hydrogen-bond donors (Lipinski definition) is 1. The largest absolute Gasteiger partial charge is 0.309 e. The molecule has 0 aromatic carbocycles. The van der Waals surface area contributed by atoms with Gasteiger partial charge in [0, 0.05) is 12.6 Å². The summed E-state index contributed by atoms with van der Waals surface area (Å²) in [4.78, 5) is 0. The Morgan fingerprint density at radius 3 is 2.86 bits per heavy atom. The molecule has 80 valence electrons. The molecule has 1 heterocycles. The van der Waals surface area contributed by atoms with Crippen LogP contribution in [0.5, 0.6) is 0 Å². The highest BCUT2D eigenvalue weighted by atomic mass is 35.5. The maximum atomic E-state index is 6.07. The molecule has 1 rings (SSSR count). The van der Waals surface area contributed by atoms with Crippen LogP contribution in [-0.4, -0.2) is 16.3 Å². The van der Waals surface area contributed by atoms with Gasteiger partial charge in [0.05, 0.1) is 16.9 Å². The van der Waals surface area contributed by atoms with Crippen molar-refractivity contribution in [3.63, 3.8) is 0 Å². The smallest absolute Gasteiger partial charge is 0.0834 e. The van der Waals surface area contributed by atoms with Crippen molar-refractivity contribution in [1.29, 1.82) is 0 Å². The Balaban J connectivity index is 2.76. The van der Waals surface area contributed by atoms with E-state index >= 15 is 0 Å². The van der Waals surface area contributed by atoms with Crippen LogP contribution in [0.3, 0.4) is 0 Å². The number of rotatable bonds is 5. The molecule has 0 aliphatic rings. The summed E-state index contributed by atoms with van der Waals surface area (Å²) in [7, 11) is 0. The third kappa shape index (κ3) is 2.49. The molecule has 0 fully saturated rings. The molecule has 0 saturated heterocycles. The zero-order valence-corrected chi connectivity index (χ0v) is 9.80. The van der Waals surface area contributed by atoms with Gasteiger partial charge in [-0.1, -0.05) is 18.5 Å². The number of nitrogens with one attached hydrogen (secondary N) is 1. The van der Waals surface area contributed by atoms with Crippen molar-refractivity contribution in [2.45, 2.75) is 39.8 Å². The highest BCUT2D eigenvalue weighted by molar-refractivity contribution is 6.31. The summed E-state index contributed by atoms with van der Waals surface area (Å²) >= 11 is 6.07. The highest BCUT2D eigenvalue weighted by Gasteiger charge is 2.14. The third-order valence-electron chi connectivity index (χ3n) is 2.24. The van der Waals surface area contributed by atoms with Crippen molar-refractivity contribution in [2.75, 3.05) is 6.54 Å². The van der Waals surface area contributed by atoms with Gasteiger partial charge in [0.1, 0.15) is 0 Å². The fourth-order valence-electron chi connectivity index (χ4n) is 1.51. The Bertz CT molecular complexity index is 283. The van der Waals surface area contributed by atoms with E-state index in [1.54, 1.807) is 6.20 Å². The van der Waals surface area contributed by atoms with Crippen LogP contribution >= 0.6 is 11.6 Å². The van der Waals surface area contributed by atoms with Crippen LogP contribution in [0.4, 0.5) is 0 Å². The van der Waals surface area contributed by atoms with Crippen LogP contribution in [0.15, 0.2) is 6.20 Å². The van der Waals surface area contributed by atoms with E-state index in [9.17, 15) is 0 Å². The van der Waals surface area contributed by atoms with Gasteiger partial charge in [-0.05, 0) is 26.8 Å². The zero-order chi connectivity index (χ0) is 10.6. The van der Waals surface area contributed by atoms with Crippen molar-refractivity contribution in [3.8, 4) is 0 Å². The molecule has 1 atom stereocenters. The third-order valence-corrected chi connectivity index (χ3v) is 2.53. The summed E-state index contributed by atoms with van der Waals surface area (Å²) in [5.74, 6) is 0. The molecular formula is C10H18ClN3. The molecule has 1 N–H and O–H groups in total. The van der Waals surface area contributed by atoms with Crippen LogP contribution in [0.1, 0.15) is 38.9 Å². The predicted molar refractivity (Wildman–Crippen MR) is 59.6 cm³/mol. The van der Waals surface area contributed by atoms with Crippen LogP contribution in [0.25, 0.3) is 0 Å². The lowest BCUT2D eigenvalue weighted by Gasteiger charge is -2.15. The summed E-state index contributed by atoms with van der Waals surface area (Å²) in [5.41, 5.74) is 1.09. The summed E-state index contributed by atoms with van der Waals surface area (Å²) in [6.07, 6.45) is 2.84. The fraction of sp³-hybridized carbons (Fsp3) is 0.700. The predicted octanol–water partition coefficient (Wildman–Crippen LogP) is 2.62. The Morgan fingerprint density at radius 1 is 1.57 bits per heavy atom. The maximum absolute atomic E-state index is 6.07. The molecule has 1 unspecified atom stereocenters. The highest BCUT2D eigenvalue weighted by Crippen LogP contribution is 2.22. The first kappa shape index (κ1) is 11.5. The molecule has 1 aromatic heterocycles. The van der Waals surface area contributed by atoms with Crippen molar-refractivity contribution in [3.05, 3.63) is 16.9 Å². The number of hydrogen-bond acceptors (Lipinski definition) is 2. The lowest BCUT2D eigenvalue weighted by atomic mass is 10.2. The molecule has 0 aliphatic heterocycles. The monoisotopic (exact) mass is 215 g/mol. The number of aryl methyl sites for hydroxylation is 1. The maximum Gasteiger partial charge on any atom is 0.0834 e. The van der Waals surface area contributed by atoms with E-state index in [4.69, 9.17) is 11.6 Å². The zero-order valence-electron chi connectivity index (χ0n) is 9.05. The first-order chi connectivity index (χ1) is 6.70. The minimum Gasteiger partial charge on any atom is -0.309 e. The summed E-state index contributed by atoms with van der Waals surface area (Å²) in [6, 6.07) is 0.268. The lowest BCUT2D eigenvalue weighted by Crippen LogP contribution is -2.22. The van der Waals surface area contributed by atoms with Gasteiger partial charge in [-0.3, -0.25) is 4.68 Å². The molecule has 0 amide bonds. The molecule has 14 heavy (non-hydrogen) atoms. The van der Waals surface area contributed by atoms with Crippen LogP contribution in [-0.2, 0) is 6.54 Å². The van der Waals surface area contributed by atoms with E-state index in [1.807, 2.05) is 4.68 Å². The molecular weight excluding hydrogens is 198 g/mol. The molecule has 0 spiro atoms. The van der Waals surface area contributed by atoms with E-state index in [0.717, 1.165) is 30.2 Å². The van der Waals surface area contributed by atoms with Gasteiger partial charge in [0.2, 0.25) is 0 Å². The Hall–Kier alpha value is -0.540. The topological polar surface area (TPSA) is 29.9 Å². The van der Waals surface area contributed by atoms with Gasteiger partial charge in [-0.15, -0.1) is 0 Å². The Labute approximate surface area is 90.4 Å². The van der Waals surface area contributed by atoms with E-state index < -0.39 is 0 Å². The van der Waals surface area contributed by atoms with Crippen molar-refractivity contribution in [2.24, 2.45) is 0 Å². The molecule has 0 saturated carbocycles. The normalized spacial score (nSPS) is 13.1. The second-order valence-electron chi connectivity index (χ2n) is 3.37. The van der Waals surface area contributed by atoms with Crippen molar-refractivity contribution in [1.82, 2.24) is 15.1 Å². The van der Waals surface area contributed by atoms with Crippen LogP contribution in [0, 0.1) is 0 Å². The van der Waals surface area contributed by atoms with Crippen molar-refractivity contribution < 1.29 is 0 Å². The van der Waals surface area contributed by atoms with Gasteiger partial charge in [0.25, 0.3) is 0 Å². The number of halogens is 1. The van der Waals surface area contributed by atoms with Gasteiger partial charge >= 0.3 is 0 Å². The SMILES string of the molecule is CCCNC(C)c1c(Cl)cnn1CC. The standard InChI is InChI=1S/C10H18ClN3/c1-4-6-12-8(3)10-9(11)7-13-14(10)5-2/h7-8,12H,4-6H2,1-3H3. The van der Waals surface area contributed by atoms with Gasteiger partial charge < -0.3 is 5.32 Å². The number of nitrogens with zero attached hydrogens (tertiary/aromatic N) is 2. The average molecular weight is 216 g/mol. The fourth-order valence-corrected chi connectivity index (χ4v) is 1.82. The van der Waals surface area contributed by atoms with Gasteiger partial charge in [-0.2, -0.15) is 5.10 Å². The van der Waals surface area contributed by atoms with Gasteiger partial charge in [-0.25, -0.2) is 0 Å². The second-order valence-corrected chi connectivity index (χ2v) is 3.78. The lowest BCUT2D eigenvalue weighted by molar-refractivity contribution is 0.509. The first-order valence-corrected chi connectivity index (χ1v) is 5.53. The minimum atomic E-state index is 0.268. The molecule has 1 aromatic rings. The molecule has 0 bridgehead atoms. The first-order valence-electron chi connectivity index (χ1n) is 5.15. The van der Waals surface area contributed by atoms with Crippen LogP contribution < -0.4 is 5.32 Å².